The second-order valence-corrected chi connectivity index (χ2v) is 8.28. The molecule has 0 aliphatic carbocycles. The first-order chi connectivity index (χ1) is 14.4. The molecule has 0 spiro atoms. The molecule has 8 nitrogen and oxygen atoms in total. The Morgan fingerprint density at radius 2 is 2.07 bits per heavy atom. The number of carbonyl (C=O) groups excluding carboxylic acids is 1. The summed E-state index contributed by atoms with van der Waals surface area (Å²) in [5.41, 5.74) is 0.835. The van der Waals surface area contributed by atoms with Crippen LogP contribution in [0.25, 0.3) is 10.9 Å². The lowest BCUT2D eigenvalue weighted by Crippen LogP contribution is -2.24. The fourth-order valence-electron chi connectivity index (χ4n) is 2.81. The predicted octanol–water partition coefficient (Wildman–Crippen LogP) is 4.60. The standard InChI is InChI=1S/C20H19BrN4O4S/c1-2-3-10-24-19(27)14-6-4-5-7-16(14)23-20(24)30-12-18(26)22-17-9-8-13(25(28)29)11-15(17)21/h4-9,11H,2-3,10,12H2,1H3,(H,22,26). The van der Waals surface area contributed by atoms with Gasteiger partial charge in [-0.1, -0.05) is 37.2 Å². The van der Waals surface area contributed by atoms with Crippen molar-refractivity contribution in [2.24, 2.45) is 0 Å². The third kappa shape index (κ3) is 5.06. The summed E-state index contributed by atoms with van der Waals surface area (Å²) in [5.74, 6) is -0.264. The first kappa shape index (κ1) is 22.0. The van der Waals surface area contributed by atoms with Gasteiger partial charge in [0.2, 0.25) is 5.91 Å². The van der Waals surface area contributed by atoms with Crippen LogP contribution in [0.5, 0.6) is 0 Å². The molecular weight excluding hydrogens is 472 g/mol. The van der Waals surface area contributed by atoms with E-state index in [4.69, 9.17) is 0 Å². The maximum atomic E-state index is 12.9. The maximum Gasteiger partial charge on any atom is 0.270 e. The molecule has 1 amide bonds. The largest absolute Gasteiger partial charge is 0.324 e. The topological polar surface area (TPSA) is 107 Å². The highest BCUT2D eigenvalue weighted by Gasteiger charge is 2.15. The van der Waals surface area contributed by atoms with Crippen molar-refractivity contribution >= 4 is 55.9 Å². The first-order valence-electron chi connectivity index (χ1n) is 9.27. The minimum atomic E-state index is -0.507. The predicted molar refractivity (Wildman–Crippen MR) is 121 cm³/mol. The van der Waals surface area contributed by atoms with Crippen molar-refractivity contribution < 1.29 is 9.72 Å². The molecule has 0 atom stereocenters. The Balaban J connectivity index is 1.78. The van der Waals surface area contributed by atoms with Gasteiger partial charge < -0.3 is 5.32 Å². The van der Waals surface area contributed by atoms with Crippen LogP contribution in [0, 0.1) is 10.1 Å². The number of thioether (sulfide) groups is 1. The number of aromatic nitrogens is 2. The summed E-state index contributed by atoms with van der Waals surface area (Å²) in [7, 11) is 0. The first-order valence-corrected chi connectivity index (χ1v) is 11.0. The molecule has 1 heterocycles. The monoisotopic (exact) mass is 490 g/mol. The van der Waals surface area contributed by atoms with Crippen molar-refractivity contribution in [3.63, 3.8) is 0 Å². The van der Waals surface area contributed by atoms with E-state index in [0.29, 0.717) is 32.8 Å². The van der Waals surface area contributed by atoms with E-state index in [1.165, 1.54) is 30.0 Å². The quantitative estimate of drug-likeness (QED) is 0.214. The summed E-state index contributed by atoms with van der Waals surface area (Å²) in [6.07, 6.45) is 1.76. The number of nitrogens with one attached hydrogen (secondary N) is 1. The van der Waals surface area contributed by atoms with Crippen LogP contribution < -0.4 is 10.9 Å². The SMILES string of the molecule is CCCCn1c(SCC(=O)Nc2ccc([N+](=O)[O-])cc2Br)nc2ccccc2c1=O. The maximum absolute atomic E-state index is 12.9. The number of anilines is 1. The van der Waals surface area contributed by atoms with Crippen molar-refractivity contribution in [3.8, 4) is 0 Å². The third-order valence-electron chi connectivity index (χ3n) is 4.33. The number of hydrogen-bond donors (Lipinski definition) is 1. The Morgan fingerprint density at radius 1 is 1.30 bits per heavy atom. The molecule has 0 fully saturated rings. The number of amides is 1. The van der Waals surface area contributed by atoms with Gasteiger partial charge in [0.1, 0.15) is 0 Å². The van der Waals surface area contributed by atoms with Crippen LogP contribution in [-0.4, -0.2) is 26.1 Å². The molecule has 10 heteroatoms. The van der Waals surface area contributed by atoms with Crippen LogP contribution >= 0.6 is 27.7 Å². The Kier molecular flexibility index (Phi) is 7.22. The van der Waals surface area contributed by atoms with Crippen molar-refractivity contribution in [3.05, 3.63) is 67.4 Å². The van der Waals surface area contributed by atoms with Crippen LogP contribution in [0.15, 0.2) is 56.9 Å². The fourth-order valence-corrected chi connectivity index (χ4v) is 4.10. The number of nitro groups is 1. The number of fused-ring (bicyclic) bond motifs is 1. The minimum Gasteiger partial charge on any atom is -0.324 e. The van der Waals surface area contributed by atoms with Crippen molar-refractivity contribution in [2.45, 2.75) is 31.5 Å². The lowest BCUT2D eigenvalue weighted by Gasteiger charge is -2.13. The average Bonchev–Trinajstić information content (AvgIpc) is 2.73. The minimum absolute atomic E-state index is 0.0420. The van der Waals surface area contributed by atoms with Gasteiger partial charge in [0.05, 0.1) is 27.3 Å². The van der Waals surface area contributed by atoms with Gasteiger partial charge in [0, 0.05) is 23.2 Å². The van der Waals surface area contributed by atoms with Gasteiger partial charge >= 0.3 is 0 Å². The zero-order valence-electron chi connectivity index (χ0n) is 16.1. The number of non-ortho nitro benzene ring substituents is 1. The Labute approximate surface area is 185 Å². The van der Waals surface area contributed by atoms with Crippen LogP contribution in [0.1, 0.15) is 19.8 Å². The Morgan fingerprint density at radius 3 is 2.77 bits per heavy atom. The van der Waals surface area contributed by atoms with E-state index in [1.54, 1.807) is 22.8 Å². The van der Waals surface area contributed by atoms with E-state index in [1.807, 2.05) is 13.0 Å². The normalized spacial score (nSPS) is 10.9. The highest BCUT2D eigenvalue weighted by atomic mass is 79.9. The lowest BCUT2D eigenvalue weighted by atomic mass is 10.2. The number of hydrogen-bond acceptors (Lipinski definition) is 6. The van der Waals surface area contributed by atoms with Crippen LogP contribution in [0.2, 0.25) is 0 Å². The van der Waals surface area contributed by atoms with E-state index in [0.717, 1.165) is 12.8 Å². The second kappa shape index (κ2) is 9.86. The third-order valence-corrected chi connectivity index (χ3v) is 5.96. The number of nitro benzene ring substituents is 1. The van der Waals surface area contributed by atoms with Crippen LogP contribution in [-0.2, 0) is 11.3 Å². The molecule has 2 aromatic carbocycles. The zero-order valence-corrected chi connectivity index (χ0v) is 18.5. The van der Waals surface area contributed by atoms with E-state index in [9.17, 15) is 19.7 Å². The van der Waals surface area contributed by atoms with Crippen molar-refractivity contribution in [2.75, 3.05) is 11.1 Å². The molecule has 3 aromatic rings. The van der Waals surface area contributed by atoms with Gasteiger partial charge in [-0.2, -0.15) is 0 Å². The lowest BCUT2D eigenvalue weighted by molar-refractivity contribution is -0.384. The van der Waals surface area contributed by atoms with Gasteiger partial charge in [0.15, 0.2) is 5.16 Å². The number of carbonyl (C=O) groups is 1. The molecule has 0 aliphatic rings. The number of unbranched alkanes of at least 4 members (excludes halogenated alkanes) is 1. The molecule has 156 valence electrons. The van der Waals surface area contributed by atoms with E-state index in [-0.39, 0.29) is 22.9 Å². The molecule has 1 N–H and O–H groups in total. The summed E-state index contributed by atoms with van der Waals surface area (Å²) < 4.78 is 2.03. The summed E-state index contributed by atoms with van der Waals surface area (Å²) in [5, 5.41) is 14.6. The molecule has 0 radical (unpaired) electrons. The fraction of sp³-hybridized carbons (Fsp3) is 0.250. The van der Waals surface area contributed by atoms with Crippen molar-refractivity contribution in [1.29, 1.82) is 0 Å². The molecule has 0 saturated carbocycles. The highest BCUT2D eigenvalue weighted by Crippen LogP contribution is 2.27. The molecule has 0 bridgehead atoms. The number of nitrogens with zero attached hydrogens (tertiary/aromatic N) is 3. The summed E-state index contributed by atoms with van der Waals surface area (Å²) in [4.78, 5) is 40.2. The molecule has 1 aromatic heterocycles. The number of para-hydroxylation sites is 1. The van der Waals surface area contributed by atoms with Gasteiger partial charge in [-0.05, 0) is 40.5 Å². The Bertz CT molecular complexity index is 1170. The van der Waals surface area contributed by atoms with Gasteiger partial charge in [-0.3, -0.25) is 24.3 Å². The molecule has 30 heavy (non-hydrogen) atoms. The van der Waals surface area contributed by atoms with Gasteiger partial charge in [0.25, 0.3) is 11.2 Å². The summed E-state index contributed by atoms with van der Waals surface area (Å²) in [6, 6.07) is 11.3. The Hall–Kier alpha value is -2.72. The average molecular weight is 491 g/mol. The highest BCUT2D eigenvalue weighted by molar-refractivity contribution is 9.10. The van der Waals surface area contributed by atoms with Crippen LogP contribution in [0.4, 0.5) is 11.4 Å². The van der Waals surface area contributed by atoms with E-state index >= 15 is 0 Å². The van der Waals surface area contributed by atoms with Crippen LogP contribution in [0.3, 0.4) is 0 Å². The number of halogens is 1. The zero-order chi connectivity index (χ0) is 21.7. The number of rotatable bonds is 8. The van der Waals surface area contributed by atoms with Gasteiger partial charge in [-0.25, -0.2) is 4.98 Å². The van der Waals surface area contributed by atoms with E-state index < -0.39 is 4.92 Å². The number of benzene rings is 2. The molecular formula is C20H19BrN4O4S. The molecule has 0 saturated heterocycles. The van der Waals surface area contributed by atoms with Gasteiger partial charge in [-0.15, -0.1) is 0 Å². The van der Waals surface area contributed by atoms with E-state index in [2.05, 4.69) is 26.2 Å². The molecule has 0 aliphatic heterocycles. The smallest absolute Gasteiger partial charge is 0.270 e. The summed E-state index contributed by atoms with van der Waals surface area (Å²) in [6.45, 7) is 2.58. The second-order valence-electron chi connectivity index (χ2n) is 6.48. The van der Waals surface area contributed by atoms with Crippen molar-refractivity contribution in [1.82, 2.24) is 9.55 Å². The molecule has 0 unspecified atom stereocenters. The molecule has 3 rings (SSSR count). The summed E-state index contributed by atoms with van der Waals surface area (Å²) >= 11 is 4.42.